The maximum Gasteiger partial charge on any atom is 0.227 e. The Morgan fingerprint density at radius 2 is 2.35 bits per heavy atom. The molecule has 0 radical (unpaired) electrons. The summed E-state index contributed by atoms with van der Waals surface area (Å²) in [6.07, 6.45) is 1.45. The van der Waals surface area contributed by atoms with Crippen molar-refractivity contribution in [3.05, 3.63) is 30.2 Å². The molecular weight excluding hydrogens is 238 g/mol. The summed E-state index contributed by atoms with van der Waals surface area (Å²) in [4.78, 5) is 6.07. The molecule has 0 N–H and O–H groups in total. The van der Waals surface area contributed by atoms with Crippen LogP contribution < -0.4 is 4.90 Å². The molecule has 2 aromatic heterocycles. The standard InChI is InChI=1S/C10H9N5OS/c1-15(10-12-13-14-17-10)5-7-2-3-8-9(4-7)16-6-11-8/h2-4,6H,5H2,1H3. The normalized spacial score (nSPS) is 10.9. The molecule has 3 aromatic rings. The van der Waals surface area contributed by atoms with Gasteiger partial charge in [0, 0.05) is 25.1 Å². The Bertz CT molecular complexity index is 620. The third kappa shape index (κ3) is 1.96. The van der Waals surface area contributed by atoms with Crippen LogP contribution in [0.3, 0.4) is 0 Å². The molecule has 0 unspecified atom stereocenters. The highest BCUT2D eigenvalue weighted by Crippen LogP contribution is 2.18. The second kappa shape index (κ2) is 4.10. The minimum absolute atomic E-state index is 0.730. The summed E-state index contributed by atoms with van der Waals surface area (Å²) in [5, 5.41) is 8.28. The van der Waals surface area contributed by atoms with Crippen molar-refractivity contribution in [3.63, 3.8) is 0 Å². The molecule has 0 aliphatic rings. The van der Waals surface area contributed by atoms with E-state index in [-0.39, 0.29) is 0 Å². The van der Waals surface area contributed by atoms with E-state index in [0.717, 1.165) is 28.3 Å². The van der Waals surface area contributed by atoms with Crippen LogP contribution in [-0.4, -0.2) is 26.8 Å². The minimum atomic E-state index is 0.730. The zero-order valence-corrected chi connectivity index (χ0v) is 9.89. The second-order valence-electron chi connectivity index (χ2n) is 3.66. The van der Waals surface area contributed by atoms with Gasteiger partial charge in [0.05, 0.1) is 0 Å². The predicted molar refractivity (Wildman–Crippen MR) is 63.8 cm³/mol. The van der Waals surface area contributed by atoms with Crippen LogP contribution in [0.2, 0.25) is 0 Å². The van der Waals surface area contributed by atoms with Crippen molar-refractivity contribution in [2.45, 2.75) is 6.54 Å². The van der Waals surface area contributed by atoms with E-state index in [2.05, 4.69) is 19.8 Å². The lowest BCUT2D eigenvalue weighted by molar-refractivity contribution is 0.601. The van der Waals surface area contributed by atoms with Crippen molar-refractivity contribution >= 4 is 27.8 Å². The summed E-state index contributed by atoms with van der Waals surface area (Å²) >= 11 is 1.27. The Morgan fingerprint density at radius 3 is 3.18 bits per heavy atom. The first-order valence-electron chi connectivity index (χ1n) is 5.01. The summed E-state index contributed by atoms with van der Waals surface area (Å²) < 4.78 is 9.00. The highest BCUT2D eigenvalue weighted by Gasteiger charge is 2.07. The average Bonchev–Trinajstić information content (AvgIpc) is 2.99. The summed E-state index contributed by atoms with van der Waals surface area (Å²) in [5.74, 6) is 0. The minimum Gasteiger partial charge on any atom is -0.443 e. The average molecular weight is 247 g/mol. The maximum atomic E-state index is 5.26. The molecule has 86 valence electrons. The van der Waals surface area contributed by atoms with Gasteiger partial charge in [0.15, 0.2) is 12.0 Å². The molecular formula is C10H9N5OS. The number of nitrogens with zero attached hydrogens (tertiary/aromatic N) is 5. The predicted octanol–water partition coefficient (Wildman–Crippen LogP) is 1.71. The van der Waals surface area contributed by atoms with Crippen LogP contribution in [0, 0.1) is 0 Å². The smallest absolute Gasteiger partial charge is 0.227 e. The summed E-state index contributed by atoms with van der Waals surface area (Å²) in [6, 6.07) is 5.95. The molecule has 0 spiro atoms. The van der Waals surface area contributed by atoms with E-state index in [9.17, 15) is 0 Å². The molecule has 2 heterocycles. The molecule has 0 bridgehead atoms. The van der Waals surface area contributed by atoms with Crippen LogP contribution in [-0.2, 0) is 6.54 Å². The molecule has 0 amide bonds. The summed E-state index contributed by atoms with van der Waals surface area (Å²) in [5.41, 5.74) is 2.80. The van der Waals surface area contributed by atoms with Crippen molar-refractivity contribution in [3.8, 4) is 0 Å². The Balaban J connectivity index is 1.84. The lowest BCUT2D eigenvalue weighted by Crippen LogP contribution is -2.15. The van der Waals surface area contributed by atoms with Crippen molar-refractivity contribution in [2.24, 2.45) is 0 Å². The van der Waals surface area contributed by atoms with E-state index >= 15 is 0 Å². The van der Waals surface area contributed by atoms with Gasteiger partial charge in [0.25, 0.3) is 0 Å². The van der Waals surface area contributed by atoms with Crippen LogP contribution in [0.1, 0.15) is 5.56 Å². The van der Waals surface area contributed by atoms with Gasteiger partial charge in [0.2, 0.25) is 5.13 Å². The van der Waals surface area contributed by atoms with Gasteiger partial charge in [-0.1, -0.05) is 15.7 Å². The molecule has 1 aromatic carbocycles. The number of hydrogen-bond acceptors (Lipinski definition) is 7. The van der Waals surface area contributed by atoms with Gasteiger partial charge in [-0.15, -0.1) is 0 Å². The van der Waals surface area contributed by atoms with Gasteiger partial charge in [0.1, 0.15) is 5.52 Å². The molecule has 0 saturated carbocycles. The molecule has 0 atom stereocenters. The maximum absolute atomic E-state index is 5.26. The van der Waals surface area contributed by atoms with E-state index in [0.29, 0.717) is 0 Å². The van der Waals surface area contributed by atoms with Crippen molar-refractivity contribution in [2.75, 3.05) is 11.9 Å². The van der Waals surface area contributed by atoms with E-state index in [1.165, 1.54) is 17.9 Å². The van der Waals surface area contributed by atoms with Gasteiger partial charge in [-0.05, 0) is 22.9 Å². The summed E-state index contributed by atoms with van der Waals surface area (Å²) in [7, 11) is 1.95. The topological polar surface area (TPSA) is 67.9 Å². The number of fused-ring (bicyclic) bond motifs is 1. The van der Waals surface area contributed by atoms with E-state index in [1.54, 1.807) is 0 Å². The van der Waals surface area contributed by atoms with Crippen LogP contribution in [0.4, 0.5) is 5.13 Å². The van der Waals surface area contributed by atoms with Gasteiger partial charge >= 0.3 is 0 Å². The zero-order chi connectivity index (χ0) is 11.7. The third-order valence-corrected chi connectivity index (χ3v) is 3.14. The fourth-order valence-corrected chi connectivity index (χ4v) is 2.04. The number of rotatable bonds is 3. The number of oxazole rings is 1. The molecule has 3 rings (SSSR count). The first kappa shape index (κ1) is 10.2. The SMILES string of the molecule is CN(Cc1ccc2ncoc2c1)c1nnns1. The fourth-order valence-electron chi connectivity index (χ4n) is 1.61. The van der Waals surface area contributed by atoms with Crippen LogP contribution >= 0.6 is 11.5 Å². The lowest BCUT2D eigenvalue weighted by Gasteiger charge is -2.13. The third-order valence-electron chi connectivity index (χ3n) is 2.43. The van der Waals surface area contributed by atoms with Crippen LogP contribution in [0.15, 0.2) is 29.0 Å². The highest BCUT2D eigenvalue weighted by atomic mass is 32.1. The van der Waals surface area contributed by atoms with Crippen molar-refractivity contribution in [1.29, 1.82) is 0 Å². The van der Waals surface area contributed by atoms with E-state index in [1.807, 2.05) is 30.1 Å². The number of benzene rings is 1. The number of anilines is 1. The van der Waals surface area contributed by atoms with Crippen molar-refractivity contribution < 1.29 is 4.42 Å². The van der Waals surface area contributed by atoms with Gasteiger partial charge in [-0.3, -0.25) is 0 Å². The summed E-state index contributed by atoms with van der Waals surface area (Å²) in [6.45, 7) is 0.730. The number of aromatic nitrogens is 4. The highest BCUT2D eigenvalue weighted by molar-refractivity contribution is 7.09. The van der Waals surface area contributed by atoms with Crippen molar-refractivity contribution in [1.82, 2.24) is 19.8 Å². The Labute approximate surface area is 101 Å². The molecule has 7 heteroatoms. The zero-order valence-electron chi connectivity index (χ0n) is 9.07. The quantitative estimate of drug-likeness (QED) is 0.702. The largest absolute Gasteiger partial charge is 0.443 e. The molecule has 0 fully saturated rings. The lowest BCUT2D eigenvalue weighted by atomic mass is 10.2. The Morgan fingerprint density at radius 1 is 1.41 bits per heavy atom. The molecule has 0 saturated heterocycles. The molecule has 17 heavy (non-hydrogen) atoms. The fraction of sp³-hybridized carbons (Fsp3) is 0.200. The monoisotopic (exact) mass is 247 g/mol. The van der Waals surface area contributed by atoms with Crippen LogP contribution in [0.5, 0.6) is 0 Å². The first-order valence-corrected chi connectivity index (χ1v) is 5.78. The van der Waals surface area contributed by atoms with Crippen LogP contribution in [0.25, 0.3) is 11.1 Å². The first-order chi connectivity index (χ1) is 8.33. The Hall–Kier alpha value is -2.02. The molecule has 0 aliphatic carbocycles. The van der Waals surface area contributed by atoms with E-state index in [4.69, 9.17) is 4.42 Å². The van der Waals surface area contributed by atoms with Gasteiger partial charge < -0.3 is 9.32 Å². The second-order valence-corrected chi connectivity index (χ2v) is 4.37. The van der Waals surface area contributed by atoms with E-state index < -0.39 is 0 Å². The Kier molecular flexibility index (Phi) is 2.45. The molecule has 0 aliphatic heterocycles. The van der Waals surface area contributed by atoms with Gasteiger partial charge in [-0.2, -0.15) is 0 Å². The number of hydrogen-bond donors (Lipinski definition) is 0. The van der Waals surface area contributed by atoms with Gasteiger partial charge in [-0.25, -0.2) is 4.98 Å². The molecule has 6 nitrogen and oxygen atoms in total.